The van der Waals surface area contributed by atoms with Gasteiger partial charge in [-0.25, -0.2) is 9.97 Å². The number of ether oxygens (including phenoxy) is 1. The highest BCUT2D eigenvalue weighted by Gasteiger charge is 2.18. The molecule has 4 rings (SSSR count). The van der Waals surface area contributed by atoms with Gasteiger partial charge in [0.15, 0.2) is 17.4 Å². The molecule has 11 nitrogen and oxygen atoms in total. The largest absolute Gasteiger partial charge is 0.494 e. The maximum absolute atomic E-state index is 12.6. The van der Waals surface area contributed by atoms with Crippen LogP contribution in [0.25, 0.3) is 11.4 Å². The Hall–Kier alpha value is -4.54. The summed E-state index contributed by atoms with van der Waals surface area (Å²) in [5.41, 5.74) is 3.21. The minimum Gasteiger partial charge on any atom is -0.494 e. The molecule has 2 N–H and O–H groups in total. The van der Waals surface area contributed by atoms with Crippen LogP contribution in [-0.4, -0.2) is 48.3 Å². The van der Waals surface area contributed by atoms with E-state index in [0.29, 0.717) is 52.7 Å². The van der Waals surface area contributed by atoms with Crippen molar-refractivity contribution >= 4 is 28.9 Å². The Morgan fingerprint density at radius 2 is 1.92 bits per heavy atom. The fraction of sp³-hybridized carbons (Fsp3) is 0.280. The molecule has 0 aliphatic heterocycles. The third-order valence-electron chi connectivity index (χ3n) is 5.52. The number of hydrogen-bond donors (Lipinski definition) is 2. The molecule has 0 saturated heterocycles. The first-order valence-corrected chi connectivity index (χ1v) is 11.5. The number of hydrogen-bond acceptors (Lipinski definition) is 8. The van der Waals surface area contributed by atoms with Gasteiger partial charge in [0.05, 0.1) is 35.8 Å². The van der Waals surface area contributed by atoms with E-state index >= 15 is 0 Å². The first-order chi connectivity index (χ1) is 17.4. The summed E-state index contributed by atoms with van der Waals surface area (Å²) in [6.45, 7) is 1.79. The number of Topliss-reactive ketones (excluding diaryl/α,β-unsaturated/α-hetero) is 1. The molecule has 36 heavy (non-hydrogen) atoms. The van der Waals surface area contributed by atoms with Crippen LogP contribution >= 0.6 is 0 Å². The summed E-state index contributed by atoms with van der Waals surface area (Å²) in [4.78, 5) is 33.8. The molecule has 0 atom stereocenters. The molecule has 3 aromatic heterocycles. The van der Waals surface area contributed by atoms with Crippen LogP contribution < -0.4 is 15.4 Å². The third-order valence-corrected chi connectivity index (χ3v) is 5.52. The first-order valence-electron chi connectivity index (χ1n) is 11.5. The highest BCUT2D eigenvalue weighted by atomic mass is 16.5. The lowest BCUT2D eigenvalue weighted by molar-refractivity contribution is -0.116. The number of benzene rings is 1. The average Bonchev–Trinajstić information content (AvgIpc) is 3.50. The number of aromatic nitrogens is 6. The molecule has 1 amide bonds. The molecular weight excluding hydrogens is 460 g/mol. The topological polar surface area (TPSA) is 129 Å². The number of nitrogens with zero attached hydrogens (tertiary/aromatic N) is 6. The number of aryl methyl sites for hydroxylation is 3. The summed E-state index contributed by atoms with van der Waals surface area (Å²) < 4.78 is 8.99. The van der Waals surface area contributed by atoms with Crippen LogP contribution in [-0.2, 0) is 25.3 Å². The number of anilines is 3. The predicted molar refractivity (Wildman–Crippen MR) is 135 cm³/mol. The van der Waals surface area contributed by atoms with Gasteiger partial charge in [0.1, 0.15) is 12.1 Å². The lowest BCUT2D eigenvalue weighted by Crippen LogP contribution is -2.14. The molecule has 0 fully saturated rings. The SMILES string of the molecule is CCC(=O)c1cnc(NC(=O)CCc2cnn(C)c2)cc1Nc1cccc(-c2ncn(C)n2)c1OC. The Labute approximate surface area is 208 Å². The second-order valence-corrected chi connectivity index (χ2v) is 8.22. The number of amides is 1. The van der Waals surface area contributed by atoms with Gasteiger partial charge in [0.25, 0.3) is 0 Å². The van der Waals surface area contributed by atoms with Crippen LogP contribution in [0.2, 0.25) is 0 Å². The molecule has 0 unspecified atom stereocenters. The molecule has 0 saturated carbocycles. The van der Waals surface area contributed by atoms with E-state index in [1.54, 1.807) is 49.0 Å². The fourth-order valence-electron chi connectivity index (χ4n) is 3.74. The monoisotopic (exact) mass is 488 g/mol. The van der Waals surface area contributed by atoms with Gasteiger partial charge >= 0.3 is 0 Å². The molecule has 0 aliphatic rings. The maximum atomic E-state index is 12.6. The van der Waals surface area contributed by atoms with E-state index in [1.807, 2.05) is 31.4 Å². The summed E-state index contributed by atoms with van der Waals surface area (Å²) in [6, 6.07) is 7.19. The third kappa shape index (κ3) is 5.57. The van der Waals surface area contributed by atoms with Crippen molar-refractivity contribution in [3.05, 3.63) is 60.3 Å². The van der Waals surface area contributed by atoms with Gasteiger partial charge in [-0.3, -0.25) is 19.0 Å². The second-order valence-electron chi connectivity index (χ2n) is 8.22. The highest BCUT2D eigenvalue weighted by molar-refractivity contribution is 6.02. The minimum atomic E-state index is -0.187. The van der Waals surface area contributed by atoms with Crippen LogP contribution in [0.1, 0.15) is 35.7 Å². The van der Waals surface area contributed by atoms with Crippen molar-refractivity contribution in [2.45, 2.75) is 26.2 Å². The number of rotatable bonds is 10. The number of ketones is 1. The fourth-order valence-corrected chi connectivity index (χ4v) is 3.74. The van der Waals surface area contributed by atoms with Crippen molar-refractivity contribution < 1.29 is 14.3 Å². The molecule has 0 radical (unpaired) electrons. The summed E-state index contributed by atoms with van der Waals surface area (Å²) in [5, 5.41) is 14.6. The number of nitrogens with one attached hydrogen (secondary N) is 2. The highest BCUT2D eigenvalue weighted by Crippen LogP contribution is 2.37. The number of pyridine rings is 1. The molecule has 0 aliphatic carbocycles. The smallest absolute Gasteiger partial charge is 0.225 e. The summed E-state index contributed by atoms with van der Waals surface area (Å²) in [6.07, 6.45) is 7.84. The Kier molecular flexibility index (Phi) is 7.38. The number of carbonyl (C=O) groups is 2. The van der Waals surface area contributed by atoms with Crippen LogP contribution in [0, 0.1) is 0 Å². The van der Waals surface area contributed by atoms with Gasteiger partial charge < -0.3 is 15.4 Å². The van der Waals surface area contributed by atoms with Crippen LogP contribution in [0.5, 0.6) is 5.75 Å². The summed E-state index contributed by atoms with van der Waals surface area (Å²) in [7, 11) is 5.18. The molecule has 186 valence electrons. The van der Waals surface area contributed by atoms with E-state index in [-0.39, 0.29) is 18.1 Å². The zero-order chi connectivity index (χ0) is 25.7. The van der Waals surface area contributed by atoms with E-state index < -0.39 is 0 Å². The number of carbonyl (C=O) groups excluding carboxylic acids is 2. The molecule has 0 bridgehead atoms. The molecule has 1 aromatic carbocycles. The van der Waals surface area contributed by atoms with Crippen molar-refractivity contribution in [1.29, 1.82) is 0 Å². The predicted octanol–water partition coefficient (Wildman–Crippen LogP) is 3.53. The Bertz CT molecular complexity index is 1390. The van der Waals surface area contributed by atoms with Gasteiger partial charge in [0.2, 0.25) is 5.91 Å². The van der Waals surface area contributed by atoms with E-state index in [2.05, 4.69) is 30.8 Å². The van der Waals surface area contributed by atoms with Gasteiger partial charge in [0, 0.05) is 45.4 Å². The van der Waals surface area contributed by atoms with Crippen molar-refractivity contribution in [1.82, 2.24) is 29.5 Å². The molecule has 4 aromatic rings. The molecule has 0 spiro atoms. The zero-order valence-corrected chi connectivity index (χ0v) is 20.6. The van der Waals surface area contributed by atoms with Gasteiger partial charge in [-0.05, 0) is 24.1 Å². The van der Waals surface area contributed by atoms with E-state index in [9.17, 15) is 9.59 Å². The summed E-state index contributed by atoms with van der Waals surface area (Å²) in [5.74, 6) is 1.10. The number of para-hydroxylation sites is 1. The van der Waals surface area contributed by atoms with E-state index in [4.69, 9.17) is 4.74 Å². The average molecular weight is 489 g/mol. The van der Waals surface area contributed by atoms with Crippen LogP contribution in [0.4, 0.5) is 17.2 Å². The minimum absolute atomic E-state index is 0.0824. The lowest BCUT2D eigenvalue weighted by atomic mass is 10.1. The van der Waals surface area contributed by atoms with Crippen LogP contribution in [0.15, 0.2) is 49.2 Å². The molecule has 11 heteroatoms. The Morgan fingerprint density at radius 1 is 1.08 bits per heavy atom. The van der Waals surface area contributed by atoms with E-state index in [0.717, 1.165) is 5.56 Å². The van der Waals surface area contributed by atoms with Crippen molar-refractivity contribution in [2.75, 3.05) is 17.7 Å². The lowest BCUT2D eigenvalue weighted by Gasteiger charge is -2.16. The number of methoxy groups -OCH3 is 1. The molecule has 3 heterocycles. The maximum Gasteiger partial charge on any atom is 0.225 e. The first kappa shape index (κ1) is 24.6. The van der Waals surface area contributed by atoms with Crippen molar-refractivity contribution in [3.63, 3.8) is 0 Å². The Morgan fingerprint density at radius 3 is 2.58 bits per heavy atom. The van der Waals surface area contributed by atoms with Gasteiger partial charge in [-0.15, -0.1) is 0 Å². The van der Waals surface area contributed by atoms with Gasteiger partial charge in [-0.1, -0.05) is 13.0 Å². The second kappa shape index (κ2) is 10.8. The van der Waals surface area contributed by atoms with E-state index in [1.165, 1.54) is 6.20 Å². The standard InChI is InChI=1S/C25H28N8O3/c1-5-21(34)18-13-26-22(30-23(35)10-9-16-12-28-32(2)14-16)11-20(18)29-19-8-6-7-17(24(19)36-4)25-27-15-33(3)31-25/h6-8,11-15H,5,9-10H2,1-4H3,(H2,26,29,30,35). The van der Waals surface area contributed by atoms with Crippen molar-refractivity contribution in [2.24, 2.45) is 14.1 Å². The quantitative estimate of drug-likeness (QED) is 0.324. The Balaban J connectivity index is 1.60. The zero-order valence-electron chi connectivity index (χ0n) is 20.6. The molecular formula is C25H28N8O3. The summed E-state index contributed by atoms with van der Waals surface area (Å²) >= 11 is 0. The normalized spacial score (nSPS) is 10.8. The van der Waals surface area contributed by atoms with Crippen LogP contribution in [0.3, 0.4) is 0 Å². The van der Waals surface area contributed by atoms with Gasteiger partial charge in [-0.2, -0.15) is 10.2 Å². The van der Waals surface area contributed by atoms with Crippen molar-refractivity contribution in [3.8, 4) is 17.1 Å².